The second-order valence-electron chi connectivity index (χ2n) is 5.62. The number of hydrogen-bond donors (Lipinski definition) is 1. The molecule has 11 heteroatoms. The van der Waals surface area contributed by atoms with Crippen LogP contribution in [0.5, 0.6) is 0 Å². The van der Waals surface area contributed by atoms with Gasteiger partial charge in [-0.05, 0) is 24.3 Å². The quantitative estimate of drug-likeness (QED) is 0.698. The molecule has 1 amide bonds. The van der Waals surface area contributed by atoms with Crippen molar-refractivity contribution in [2.24, 2.45) is 0 Å². The van der Waals surface area contributed by atoms with Gasteiger partial charge in [0.05, 0.1) is 17.4 Å². The van der Waals surface area contributed by atoms with Gasteiger partial charge >= 0.3 is 5.51 Å². The zero-order chi connectivity index (χ0) is 20.4. The van der Waals surface area contributed by atoms with Crippen molar-refractivity contribution in [3.63, 3.8) is 0 Å². The van der Waals surface area contributed by atoms with Crippen LogP contribution in [0, 0.1) is 0 Å². The van der Waals surface area contributed by atoms with Crippen LogP contribution in [0.3, 0.4) is 0 Å². The summed E-state index contributed by atoms with van der Waals surface area (Å²) < 4.78 is 63.2. The molecule has 0 spiro atoms. The summed E-state index contributed by atoms with van der Waals surface area (Å²) in [5.74, 6) is -0.997. The molecule has 0 unspecified atom stereocenters. The zero-order valence-corrected chi connectivity index (χ0v) is 14.9. The minimum Gasteiger partial charge on any atom is -0.348 e. The summed E-state index contributed by atoms with van der Waals surface area (Å²) in [5, 5.41) is 5.18. The number of halogens is 3. The van der Waals surface area contributed by atoms with E-state index in [1.165, 1.54) is 12.3 Å². The lowest BCUT2D eigenvalue weighted by Crippen LogP contribution is -2.30. The average Bonchev–Trinajstić information content (AvgIpc) is 3.15. The average molecular weight is 410 g/mol. The van der Waals surface area contributed by atoms with Gasteiger partial charge in [0.25, 0.3) is 15.7 Å². The number of rotatable bonds is 5. The normalized spacial score (nSPS) is 12.0. The van der Waals surface area contributed by atoms with Crippen molar-refractivity contribution in [2.75, 3.05) is 0 Å². The number of amides is 1. The molecule has 7 nitrogen and oxygen atoms in total. The summed E-state index contributed by atoms with van der Waals surface area (Å²) in [5.41, 5.74) is -4.89. The molecule has 0 fully saturated rings. The zero-order valence-electron chi connectivity index (χ0n) is 14.1. The van der Waals surface area contributed by atoms with Gasteiger partial charge in [-0.15, -0.1) is 0 Å². The Kier molecular flexibility index (Phi) is 5.18. The summed E-state index contributed by atoms with van der Waals surface area (Å²) in [6, 6.07) is 11.3. The Balaban J connectivity index is 1.78. The molecule has 0 atom stereocenters. The largest absolute Gasteiger partial charge is 0.503 e. The SMILES string of the molecule is O=C(NCc1cnn(-c2ccccc2)c1)c1cccnc1S(=O)(=O)C(F)(F)F. The third-order valence-corrected chi connectivity index (χ3v) is 5.13. The summed E-state index contributed by atoms with van der Waals surface area (Å²) >= 11 is 0. The van der Waals surface area contributed by atoms with Crippen molar-refractivity contribution in [3.05, 3.63) is 72.2 Å². The molecule has 0 saturated carbocycles. The van der Waals surface area contributed by atoms with E-state index in [9.17, 15) is 26.4 Å². The van der Waals surface area contributed by atoms with Crippen LogP contribution in [0.15, 0.2) is 66.1 Å². The van der Waals surface area contributed by atoms with E-state index in [0.717, 1.165) is 18.0 Å². The predicted octanol–water partition coefficient (Wildman–Crippen LogP) is 2.49. The molecular weight excluding hydrogens is 397 g/mol. The first-order chi connectivity index (χ1) is 13.2. The second kappa shape index (κ2) is 7.43. The number of alkyl halides is 3. The standard InChI is InChI=1S/C17H13F3N4O3S/c18-17(19,20)28(26,27)16-14(7-4-8-21-16)15(25)22-9-12-10-23-24(11-12)13-5-2-1-3-6-13/h1-8,10-11H,9H2,(H,22,25). The lowest BCUT2D eigenvalue weighted by Gasteiger charge is -2.11. The number of nitrogens with one attached hydrogen (secondary N) is 1. The third kappa shape index (κ3) is 3.88. The Labute approximate surface area is 157 Å². The number of benzene rings is 1. The fraction of sp³-hybridized carbons (Fsp3) is 0.118. The number of carbonyl (C=O) groups is 1. The Morgan fingerprint density at radius 1 is 1.11 bits per heavy atom. The number of aromatic nitrogens is 3. The number of pyridine rings is 1. The summed E-state index contributed by atoms with van der Waals surface area (Å²) in [6.45, 7) is -0.0634. The van der Waals surface area contributed by atoms with E-state index in [1.807, 2.05) is 30.3 Å². The second-order valence-corrected chi connectivity index (χ2v) is 7.47. The number of carbonyl (C=O) groups excluding carboxylic acids is 1. The highest BCUT2D eigenvalue weighted by molar-refractivity contribution is 7.92. The van der Waals surface area contributed by atoms with E-state index in [0.29, 0.717) is 5.56 Å². The van der Waals surface area contributed by atoms with E-state index >= 15 is 0 Å². The monoisotopic (exact) mass is 410 g/mol. The fourth-order valence-electron chi connectivity index (χ4n) is 2.34. The van der Waals surface area contributed by atoms with Crippen molar-refractivity contribution in [3.8, 4) is 5.69 Å². The van der Waals surface area contributed by atoms with E-state index in [4.69, 9.17) is 0 Å². The van der Waals surface area contributed by atoms with Crippen LogP contribution < -0.4 is 5.32 Å². The van der Waals surface area contributed by atoms with Gasteiger partial charge in [-0.3, -0.25) is 4.79 Å². The Bertz CT molecular complexity index is 1100. The van der Waals surface area contributed by atoms with Gasteiger partial charge in [-0.25, -0.2) is 18.1 Å². The van der Waals surface area contributed by atoms with Crippen LogP contribution in [-0.4, -0.2) is 34.6 Å². The van der Waals surface area contributed by atoms with Gasteiger partial charge in [0.15, 0.2) is 5.03 Å². The molecular formula is C17H13F3N4O3S. The van der Waals surface area contributed by atoms with Crippen molar-refractivity contribution in [1.82, 2.24) is 20.1 Å². The topological polar surface area (TPSA) is 93.9 Å². The smallest absolute Gasteiger partial charge is 0.348 e. The van der Waals surface area contributed by atoms with Crippen molar-refractivity contribution < 1.29 is 26.4 Å². The summed E-state index contributed by atoms with van der Waals surface area (Å²) in [6.07, 6.45) is 3.98. The predicted molar refractivity (Wildman–Crippen MR) is 92.2 cm³/mol. The molecule has 1 N–H and O–H groups in total. The van der Waals surface area contributed by atoms with Crippen molar-refractivity contribution in [1.29, 1.82) is 0 Å². The maximum absolute atomic E-state index is 12.8. The van der Waals surface area contributed by atoms with Gasteiger partial charge < -0.3 is 5.32 Å². The van der Waals surface area contributed by atoms with E-state index in [1.54, 1.807) is 10.9 Å². The molecule has 28 heavy (non-hydrogen) atoms. The molecule has 0 saturated heterocycles. The molecule has 3 aromatic rings. The maximum Gasteiger partial charge on any atom is 0.503 e. The van der Waals surface area contributed by atoms with Crippen molar-refractivity contribution >= 4 is 15.7 Å². The van der Waals surface area contributed by atoms with Gasteiger partial charge in [-0.1, -0.05) is 18.2 Å². The molecule has 1 aromatic carbocycles. The minimum atomic E-state index is -5.76. The molecule has 0 radical (unpaired) electrons. The Hall–Kier alpha value is -3.21. The fourth-order valence-corrected chi connectivity index (χ4v) is 3.21. The van der Waals surface area contributed by atoms with Crippen molar-refractivity contribution in [2.45, 2.75) is 17.1 Å². The van der Waals surface area contributed by atoms with Crippen LogP contribution in [0.2, 0.25) is 0 Å². The molecule has 3 rings (SSSR count). The number of sulfone groups is 1. The van der Waals surface area contributed by atoms with Gasteiger partial charge in [0, 0.05) is 24.5 Å². The Morgan fingerprint density at radius 2 is 1.82 bits per heavy atom. The van der Waals surface area contributed by atoms with Crippen LogP contribution >= 0.6 is 0 Å². The van der Waals surface area contributed by atoms with Crippen LogP contribution in [-0.2, 0) is 16.4 Å². The highest BCUT2D eigenvalue weighted by Gasteiger charge is 2.49. The first-order valence-electron chi connectivity index (χ1n) is 7.83. The molecule has 0 aliphatic carbocycles. The first kappa shape index (κ1) is 19.5. The number of para-hydroxylation sites is 1. The molecule has 0 aliphatic rings. The van der Waals surface area contributed by atoms with E-state index in [-0.39, 0.29) is 6.54 Å². The van der Waals surface area contributed by atoms with Crippen LogP contribution in [0.4, 0.5) is 13.2 Å². The lowest BCUT2D eigenvalue weighted by atomic mass is 10.2. The minimum absolute atomic E-state index is 0.0634. The van der Waals surface area contributed by atoms with E-state index < -0.39 is 31.8 Å². The first-order valence-corrected chi connectivity index (χ1v) is 9.32. The third-order valence-electron chi connectivity index (χ3n) is 3.68. The Morgan fingerprint density at radius 3 is 2.50 bits per heavy atom. The van der Waals surface area contributed by atoms with Gasteiger partial charge in [0.2, 0.25) is 0 Å². The van der Waals surface area contributed by atoms with Crippen LogP contribution in [0.1, 0.15) is 15.9 Å². The number of nitrogens with zero attached hydrogens (tertiary/aromatic N) is 3. The molecule has 0 aliphatic heterocycles. The van der Waals surface area contributed by atoms with Crippen LogP contribution in [0.25, 0.3) is 5.69 Å². The molecule has 146 valence electrons. The van der Waals surface area contributed by atoms with Gasteiger partial charge in [-0.2, -0.15) is 18.3 Å². The van der Waals surface area contributed by atoms with E-state index in [2.05, 4.69) is 15.4 Å². The number of hydrogen-bond acceptors (Lipinski definition) is 5. The molecule has 2 heterocycles. The molecule has 0 bridgehead atoms. The molecule has 2 aromatic heterocycles. The highest BCUT2D eigenvalue weighted by Crippen LogP contribution is 2.30. The van der Waals surface area contributed by atoms with Gasteiger partial charge in [0.1, 0.15) is 0 Å². The summed E-state index contributed by atoms with van der Waals surface area (Å²) in [4.78, 5) is 15.5. The lowest BCUT2D eigenvalue weighted by molar-refractivity contribution is -0.0438. The maximum atomic E-state index is 12.8. The highest BCUT2D eigenvalue weighted by atomic mass is 32.2. The summed E-state index contributed by atoms with van der Waals surface area (Å²) in [7, 11) is -5.76.